The molecule has 3 aromatic rings. The zero-order valence-electron chi connectivity index (χ0n) is 20.3. The molecule has 184 valence electrons. The molecule has 2 atom stereocenters. The topological polar surface area (TPSA) is 45.6 Å². The molecule has 1 aromatic carbocycles. The van der Waals surface area contributed by atoms with Gasteiger partial charge in [0.2, 0.25) is 0 Å². The normalized spacial score (nSPS) is 20.9. The smallest absolute Gasteiger partial charge is 0.170 e. The highest BCUT2D eigenvalue weighted by Gasteiger charge is 2.41. The molecule has 35 heavy (non-hydrogen) atoms. The van der Waals surface area contributed by atoms with Gasteiger partial charge in [0, 0.05) is 49.5 Å². The summed E-state index contributed by atoms with van der Waals surface area (Å²) in [6.45, 7) is 9.62. The molecule has 1 N–H and O–H groups in total. The van der Waals surface area contributed by atoms with E-state index in [1.165, 1.54) is 11.6 Å². The van der Waals surface area contributed by atoms with Crippen LogP contribution < -0.4 is 5.32 Å². The van der Waals surface area contributed by atoms with Gasteiger partial charge in [-0.1, -0.05) is 12.1 Å². The molecule has 5 rings (SSSR count). The van der Waals surface area contributed by atoms with Gasteiger partial charge in [0.05, 0.1) is 31.0 Å². The van der Waals surface area contributed by atoms with E-state index >= 15 is 0 Å². The molecular weight excluding hydrogens is 461 g/mol. The van der Waals surface area contributed by atoms with E-state index < -0.39 is 0 Å². The van der Waals surface area contributed by atoms with Crippen LogP contribution >= 0.6 is 12.2 Å². The summed E-state index contributed by atoms with van der Waals surface area (Å²) in [5, 5.41) is 4.31. The summed E-state index contributed by atoms with van der Waals surface area (Å²) in [7, 11) is 0. The third-order valence-electron chi connectivity index (χ3n) is 7.03. The molecule has 0 aliphatic carbocycles. The number of rotatable bonds is 7. The summed E-state index contributed by atoms with van der Waals surface area (Å²) in [4.78, 5) is 9.43. The monoisotopic (exact) mass is 493 g/mol. The van der Waals surface area contributed by atoms with E-state index in [-0.39, 0.29) is 17.9 Å². The SMILES string of the molecule is Cc1cc([C@@H]2[C@@H](c3ccccn3)NC(=S)N2CCCN2CCOCC2)c(C)n1-c1cccc(F)c1. The van der Waals surface area contributed by atoms with Crippen LogP contribution in [0.15, 0.2) is 54.7 Å². The molecule has 2 aliphatic rings. The van der Waals surface area contributed by atoms with Crippen molar-refractivity contribution in [2.75, 3.05) is 39.4 Å². The van der Waals surface area contributed by atoms with Gasteiger partial charge in [-0.15, -0.1) is 0 Å². The minimum absolute atomic E-state index is 0.00408. The van der Waals surface area contributed by atoms with E-state index in [9.17, 15) is 4.39 Å². The van der Waals surface area contributed by atoms with E-state index in [0.29, 0.717) is 0 Å². The molecule has 0 unspecified atom stereocenters. The van der Waals surface area contributed by atoms with Crippen molar-refractivity contribution in [3.63, 3.8) is 0 Å². The number of halogens is 1. The number of pyridine rings is 1. The largest absolute Gasteiger partial charge is 0.379 e. The number of benzene rings is 1. The lowest BCUT2D eigenvalue weighted by atomic mass is 9.96. The second-order valence-corrected chi connectivity index (χ2v) is 9.66. The van der Waals surface area contributed by atoms with Crippen LogP contribution in [0.4, 0.5) is 4.39 Å². The fourth-order valence-corrected chi connectivity index (χ4v) is 5.71. The molecular formula is C27H32FN5OS. The minimum atomic E-state index is -0.239. The number of hydrogen-bond donors (Lipinski definition) is 1. The lowest BCUT2D eigenvalue weighted by Gasteiger charge is -2.30. The first-order chi connectivity index (χ1) is 17.0. The van der Waals surface area contributed by atoms with Gasteiger partial charge in [0.1, 0.15) is 5.82 Å². The van der Waals surface area contributed by atoms with Crippen LogP contribution in [0.5, 0.6) is 0 Å². The fourth-order valence-electron chi connectivity index (χ4n) is 5.37. The Morgan fingerprint density at radius 3 is 2.66 bits per heavy atom. The highest BCUT2D eigenvalue weighted by Crippen LogP contribution is 2.41. The Kier molecular flexibility index (Phi) is 7.13. The quantitative estimate of drug-likeness (QED) is 0.495. The Hall–Kier alpha value is -2.81. The maximum absolute atomic E-state index is 14.0. The van der Waals surface area contributed by atoms with Gasteiger partial charge in [-0.2, -0.15) is 0 Å². The molecule has 6 nitrogen and oxygen atoms in total. The van der Waals surface area contributed by atoms with Crippen molar-refractivity contribution in [3.8, 4) is 5.69 Å². The van der Waals surface area contributed by atoms with Crippen LogP contribution in [0.3, 0.4) is 0 Å². The minimum Gasteiger partial charge on any atom is -0.379 e. The summed E-state index contributed by atoms with van der Waals surface area (Å²) in [6.07, 6.45) is 2.84. The van der Waals surface area contributed by atoms with Crippen molar-refractivity contribution in [2.45, 2.75) is 32.4 Å². The Labute approximate surface area is 211 Å². The Balaban J connectivity index is 1.47. The van der Waals surface area contributed by atoms with E-state index in [1.54, 1.807) is 12.1 Å². The van der Waals surface area contributed by atoms with Crippen molar-refractivity contribution in [1.82, 2.24) is 24.7 Å². The highest BCUT2D eigenvalue weighted by molar-refractivity contribution is 7.80. The Morgan fingerprint density at radius 2 is 1.91 bits per heavy atom. The maximum atomic E-state index is 14.0. The van der Waals surface area contributed by atoms with E-state index in [1.807, 2.05) is 24.4 Å². The molecule has 2 fully saturated rings. The summed E-state index contributed by atoms with van der Waals surface area (Å²) < 4.78 is 21.7. The standard InChI is InChI=1S/C27H32FN5OS/c1-19-17-23(20(2)33(19)22-8-5-7-21(28)18-22)26-25(24-9-3-4-10-29-24)30-27(35)32(26)12-6-11-31-13-15-34-16-14-31/h3-5,7-10,17-18,25-26H,6,11-16H2,1-2H3,(H,30,35)/t25-,26-/m1/s1. The Morgan fingerprint density at radius 1 is 1.09 bits per heavy atom. The average Bonchev–Trinajstić information content (AvgIpc) is 3.35. The maximum Gasteiger partial charge on any atom is 0.170 e. The molecule has 2 aliphatic heterocycles. The van der Waals surface area contributed by atoms with Gasteiger partial charge < -0.3 is 19.5 Å². The van der Waals surface area contributed by atoms with Gasteiger partial charge in [0.15, 0.2) is 5.11 Å². The lowest BCUT2D eigenvalue weighted by Crippen LogP contribution is -2.39. The number of aromatic nitrogens is 2. The summed E-state index contributed by atoms with van der Waals surface area (Å²) in [5.41, 5.74) is 5.12. The summed E-state index contributed by atoms with van der Waals surface area (Å²) in [5.74, 6) is -0.239. The third kappa shape index (κ3) is 4.96. The molecule has 0 radical (unpaired) electrons. The highest BCUT2D eigenvalue weighted by atomic mass is 32.1. The number of aryl methyl sites for hydroxylation is 1. The van der Waals surface area contributed by atoms with Gasteiger partial charge >= 0.3 is 0 Å². The van der Waals surface area contributed by atoms with E-state index in [4.69, 9.17) is 17.0 Å². The molecule has 2 saturated heterocycles. The van der Waals surface area contributed by atoms with Crippen molar-refractivity contribution in [1.29, 1.82) is 0 Å². The zero-order chi connectivity index (χ0) is 24.4. The van der Waals surface area contributed by atoms with Crippen molar-refractivity contribution in [3.05, 3.63) is 83.2 Å². The van der Waals surface area contributed by atoms with Crippen molar-refractivity contribution >= 4 is 17.3 Å². The van der Waals surface area contributed by atoms with Gasteiger partial charge in [-0.05, 0) is 74.4 Å². The molecule has 0 amide bonds. The van der Waals surface area contributed by atoms with Crippen LogP contribution in [0, 0.1) is 19.7 Å². The van der Waals surface area contributed by atoms with Crippen LogP contribution in [-0.2, 0) is 4.74 Å². The number of ether oxygens (including phenoxy) is 1. The second kappa shape index (κ2) is 10.4. The van der Waals surface area contributed by atoms with Gasteiger partial charge in [-0.25, -0.2) is 4.39 Å². The van der Waals surface area contributed by atoms with Gasteiger partial charge in [0.25, 0.3) is 0 Å². The number of hydrogen-bond acceptors (Lipinski definition) is 4. The average molecular weight is 494 g/mol. The summed E-state index contributed by atoms with van der Waals surface area (Å²) in [6, 6.07) is 14.9. The number of nitrogens with one attached hydrogen (secondary N) is 1. The van der Waals surface area contributed by atoms with E-state index in [2.05, 4.69) is 50.6 Å². The zero-order valence-corrected chi connectivity index (χ0v) is 21.1. The predicted molar refractivity (Wildman–Crippen MR) is 139 cm³/mol. The van der Waals surface area contributed by atoms with Crippen LogP contribution in [-0.4, -0.2) is 63.9 Å². The fraction of sp³-hybridized carbons (Fsp3) is 0.407. The molecule has 0 spiro atoms. The molecule has 0 saturated carbocycles. The molecule has 4 heterocycles. The second-order valence-electron chi connectivity index (χ2n) is 9.27. The first-order valence-electron chi connectivity index (χ1n) is 12.3. The number of nitrogens with zero attached hydrogens (tertiary/aromatic N) is 4. The summed E-state index contributed by atoms with van der Waals surface area (Å²) >= 11 is 5.85. The van der Waals surface area contributed by atoms with Crippen LogP contribution in [0.2, 0.25) is 0 Å². The molecule has 8 heteroatoms. The van der Waals surface area contributed by atoms with Crippen molar-refractivity contribution < 1.29 is 9.13 Å². The number of thiocarbonyl (C=S) groups is 1. The predicted octanol–water partition coefficient (Wildman–Crippen LogP) is 4.32. The first-order valence-corrected chi connectivity index (χ1v) is 12.7. The van der Waals surface area contributed by atoms with Crippen molar-refractivity contribution in [2.24, 2.45) is 0 Å². The first kappa shape index (κ1) is 23.9. The van der Waals surface area contributed by atoms with Crippen LogP contribution in [0.25, 0.3) is 5.69 Å². The lowest BCUT2D eigenvalue weighted by molar-refractivity contribution is 0.0365. The van der Waals surface area contributed by atoms with E-state index in [0.717, 1.165) is 73.7 Å². The third-order valence-corrected chi connectivity index (χ3v) is 7.38. The molecule has 2 aromatic heterocycles. The molecule has 0 bridgehead atoms. The van der Waals surface area contributed by atoms with Crippen LogP contribution in [0.1, 0.15) is 41.1 Å². The Bertz CT molecular complexity index is 1180. The van der Waals surface area contributed by atoms with Gasteiger partial charge in [-0.3, -0.25) is 9.88 Å². The number of morpholine rings is 1.